The summed E-state index contributed by atoms with van der Waals surface area (Å²) < 4.78 is 5.77. The van der Waals surface area contributed by atoms with E-state index in [1.807, 2.05) is 55.5 Å². The number of hydrogen-bond donors (Lipinski definition) is 1. The lowest BCUT2D eigenvalue weighted by Gasteiger charge is -2.35. The molecule has 1 atom stereocenters. The van der Waals surface area contributed by atoms with E-state index in [1.165, 1.54) is 5.56 Å². The molecule has 3 aromatic carbocycles. The van der Waals surface area contributed by atoms with E-state index in [0.717, 1.165) is 33.5 Å². The van der Waals surface area contributed by atoms with Gasteiger partial charge in [-0.3, -0.25) is 4.90 Å². The van der Waals surface area contributed by atoms with Crippen molar-refractivity contribution in [1.29, 1.82) is 0 Å². The SMILES string of the molecule is CC1=C(c2nc(-c3ccc(Cl)cc3)no2)C(c2ccc(C)c(C)c2)NC(=O)N1Cc1ccccc1. The van der Waals surface area contributed by atoms with Crippen molar-refractivity contribution in [2.45, 2.75) is 33.4 Å². The van der Waals surface area contributed by atoms with Gasteiger partial charge < -0.3 is 9.84 Å². The summed E-state index contributed by atoms with van der Waals surface area (Å²) in [6, 6.07) is 22.8. The van der Waals surface area contributed by atoms with E-state index in [-0.39, 0.29) is 6.03 Å². The van der Waals surface area contributed by atoms with Crippen molar-refractivity contribution in [2.24, 2.45) is 0 Å². The van der Waals surface area contributed by atoms with E-state index in [2.05, 4.69) is 36.5 Å². The molecule has 0 aliphatic carbocycles. The van der Waals surface area contributed by atoms with Crippen LogP contribution in [0.15, 0.2) is 83.0 Å². The molecule has 0 saturated carbocycles. The van der Waals surface area contributed by atoms with Gasteiger partial charge in [0, 0.05) is 16.3 Å². The van der Waals surface area contributed by atoms with Crippen molar-refractivity contribution in [1.82, 2.24) is 20.4 Å². The predicted octanol–water partition coefficient (Wildman–Crippen LogP) is 6.70. The molecule has 1 unspecified atom stereocenters. The first-order chi connectivity index (χ1) is 16.9. The number of amides is 2. The van der Waals surface area contributed by atoms with Crippen molar-refractivity contribution < 1.29 is 9.32 Å². The monoisotopic (exact) mass is 484 g/mol. The lowest BCUT2D eigenvalue weighted by molar-refractivity contribution is 0.203. The molecule has 1 aliphatic rings. The first-order valence-corrected chi connectivity index (χ1v) is 11.8. The third-order valence-electron chi connectivity index (χ3n) is 6.40. The molecular weight excluding hydrogens is 460 g/mol. The van der Waals surface area contributed by atoms with Crippen LogP contribution in [0.5, 0.6) is 0 Å². The number of nitrogens with zero attached hydrogens (tertiary/aromatic N) is 3. The molecule has 6 nitrogen and oxygen atoms in total. The summed E-state index contributed by atoms with van der Waals surface area (Å²) in [7, 11) is 0. The molecule has 176 valence electrons. The second-order valence-electron chi connectivity index (χ2n) is 8.73. The standard InChI is InChI=1S/C28H25ClN4O2/c1-17-9-10-22(15-18(17)2)25-24(27-31-26(32-35-27)21-11-13-23(29)14-12-21)19(3)33(28(34)30-25)16-20-7-5-4-6-8-20/h4-15,25H,16H2,1-3H3,(H,30,34). The summed E-state index contributed by atoms with van der Waals surface area (Å²) in [6.45, 7) is 6.49. The third-order valence-corrected chi connectivity index (χ3v) is 6.65. The van der Waals surface area contributed by atoms with Crippen LogP contribution >= 0.6 is 11.6 Å². The number of urea groups is 1. The van der Waals surface area contributed by atoms with Gasteiger partial charge in [0.15, 0.2) is 0 Å². The quantitative estimate of drug-likeness (QED) is 0.342. The van der Waals surface area contributed by atoms with Crippen LogP contribution in [0.3, 0.4) is 0 Å². The molecule has 35 heavy (non-hydrogen) atoms. The van der Waals surface area contributed by atoms with Gasteiger partial charge >= 0.3 is 6.03 Å². The Labute approximate surface area is 209 Å². The summed E-state index contributed by atoms with van der Waals surface area (Å²) >= 11 is 6.03. The first kappa shape index (κ1) is 22.9. The largest absolute Gasteiger partial charge is 0.334 e. The second kappa shape index (κ2) is 9.39. The highest BCUT2D eigenvalue weighted by Gasteiger charge is 2.36. The number of nitrogens with one attached hydrogen (secondary N) is 1. The average Bonchev–Trinajstić information content (AvgIpc) is 3.34. The van der Waals surface area contributed by atoms with Crippen molar-refractivity contribution in [3.8, 4) is 11.4 Å². The molecule has 5 rings (SSSR count). The van der Waals surface area contributed by atoms with Crippen LogP contribution in [0.2, 0.25) is 5.02 Å². The maximum Gasteiger partial charge on any atom is 0.322 e. The summed E-state index contributed by atoms with van der Waals surface area (Å²) in [5, 5.41) is 8.02. The van der Waals surface area contributed by atoms with Crippen LogP contribution in [-0.2, 0) is 6.54 Å². The van der Waals surface area contributed by atoms with Crippen LogP contribution in [0.25, 0.3) is 17.0 Å². The van der Waals surface area contributed by atoms with E-state index in [1.54, 1.807) is 17.0 Å². The molecule has 0 fully saturated rings. The second-order valence-corrected chi connectivity index (χ2v) is 9.16. The van der Waals surface area contributed by atoms with E-state index >= 15 is 0 Å². The molecule has 0 spiro atoms. The van der Waals surface area contributed by atoms with Crippen LogP contribution in [0.4, 0.5) is 4.79 Å². The fraction of sp³-hybridized carbons (Fsp3) is 0.179. The molecule has 2 amide bonds. The van der Waals surface area contributed by atoms with Gasteiger partial charge in [-0.1, -0.05) is 65.3 Å². The van der Waals surface area contributed by atoms with Crippen LogP contribution in [0, 0.1) is 13.8 Å². The van der Waals surface area contributed by atoms with Crippen molar-refractivity contribution in [3.05, 3.63) is 112 Å². The Morgan fingerprint density at radius 2 is 1.71 bits per heavy atom. The molecule has 1 aromatic heterocycles. The molecule has 1 aliphatic heterocycles. The minimum absolute atomic E-state index is 0.171. The Kier molecular flexibility index (Phi) is 6.14. The number of aromatic nitrogens is 2. The van der Waals surface area contributed by atoms with E-state index in [9.17, 15) is 4.79 Å². The molecule has 1 N–H and O–H groups in total. The topological polar surface area (TPSA) is 71.3 Å². The summed E-state index contributed by atoms with van der Waals surface area (Å²) in [5.74, 6) is 0.830. The fourth-order valence-electron chi connectivity index (χ4n) is 4.26. The Balaban J connectivity index is 1.61. The van der Waals surface area contributed by atoms with Crippen LogP contribution in [0.1, 0.15) is 41.1 Å². The minimum atomic E-state index is -0.424. The number of halogens is 1. The van der Waals surface area contributed by atoms with Gasteiger partial charge in [-0.05, 0) is 67.3 Å². The van der Waals surface area contributed by atoms with E-state index in [0.29, 0.717) is 23.3 Å². The number of benzene rings is 3. The highest BCUT2D eigenvalue weighted by molar-refractivity contribution is 6.30. The van der Waals surface area contributed by atoms with Crippen LogP contribution < -0.4 is 5.32 Å². The van der Waals surface area contributed by atoms with Gasteiger partial charge in [-0.15, -0.1) is 0 Å². The Morgan fingerprint density at radius 1 is 0.971 bits per heavy atom. The number of hydrogen-bond acceptors (Lipinski definition) is 4. The lowest BCUT2D eigenvalue weighted by atomic mass is 9.92. The first-order valence-electron chi connectivity index (χ1n) is 11.4. The predicted molar refractivity (Wildman–Crippen MR) is 137 cm³/mol. The average molecular weight is 485 g/mol. The minimum Gasteiger partial charge on any atom is -0.334 e. The summed E-state index contributed by atoms with van der Waals surface area (Å²) in [6.07, 6.45) is 0. The van der Waals surface area contributed by atoms with Gasteiger partial charge in [-0.2, -0.15) is 4.98 Å². The number of carbonyl (C=O) groups is 1. The molecule has 2 heterocycles. The molecule has 4 aromatic rings. The fourth-order valence-corrected chi connectivity index (χ4v) is 4.38. The Hall–Kier alpha value is -3.90. The molecule has 0 saturated heterocycles. The summed E-state index contributed by atoms with van der Waals surface area (Å²) in [5.41, 5.74) is 6.66. The molecule has 0 bridgehead atoms. The van der Waals surface area contributed by atoms with Gasteiger partial charge in [0.2, 0.25) is 5.82 Å². The molecule has 7 heteroatoms. The lowest BCUT2D eigenvalue weighted by Crippen LogP contribution is -2.45. The van der Waals surface area contributed by atoms with Gasteiger partial charge in [0.1, 0.15) is 0 Å². The molecular formula is C28H25ClN4O2. The van der Waals surface area contributed by atoms with E-state index in [4.69, 9.17) is 21.1 Å². The maximum atomic E-state index is 13.3. The van der Waals surface area contributed by atoms with Gasteiger partial charge in [-0.25, -0.2) is 4.79 Å². The summed E-state index contributed by atoms with van der Waals surface area (Å²) in [4.78, 5) is 19.7. The number of rotatable bonds is 5. The number of allylic oxidation sites excluding steroid dienone is 1. The third kappa shape index (κ3) is 4.57. The van der Waals surface area contributed by atoms with Gasteiger partial charge in [0.25, 0.3) is 5.89 Å². The number of aryl methyl sites for hydroxylation is 2. The van der Waals surface area contributed by atoms with Crippen molar-refractivity contribution in [2.75, 3.05) is 0 Å². The number of carbonyl (C=O) groups excluding carboxylic acids is 1. The van der Waals surface area contributed by atoms with Crippen molar-refractivity contribution in [3.63, 3.8) is 0 Å². The maximum absolute atomic E-state index is 13.3. The highest BCUT2D eigenvalue weighted by Crippen LogP contribution is 2.38. The van der Waals surface area contributed by atoms with Crippen molar-refractivity contribution >= 4 is 23.2 Å². The highest BCUT2D eigenvalue weighted by atomic mass is 35.5. The zero-order chi connectivity index (χ0) is 24.5. The van der Waals surface area contributed by atoms with E-state index < -0.39 is 6.04 Å². The normalized spacial score (nSPS) is 15.9. The zero-order valence-electron chi connectivity index (χ0n) is 19.7. The Morgan fingerprint density at radius 3 is 2.43 bits per heavy atom. The van der Waals surface area contributed by atoms with Gasteiger partial charge in [0.05, 0.1) is 18.2 Å². The van der Waals surface area contributed by atoms with Crippen LogP contribution in [-0.4, -0.2) is 21.1 Å². The smallest absolute Gasteiger partial charge is 0.322 e. The molecule has 0 radical (unpaired) electrons. The Bertz CT molecular complexity index is 1410. The zero-order valence-corrected chi connectivity index (χ0v) is 20.5.